The van der Waals surface area contributed by atoms with E-state index in [1.165, 1.54) is 27.1 Å². The Morgan fingerprint density at radius 1 is 1.14 bits per heavy atom. The third-order valence-electron chi connectivity index (χ3n) is 5.83. The first-order chi connectivity index (χ1) is 13.7. The van der Waals surface area contributed by atoms with Crippen molar-refractivity contribution in [3.8, 4) is 0 Å². The van der Waals surface area contributed by atoms with E-state index in [2.05, 4.69) is 5.32 Å². The molecule has 1 saturated carbocycles. The van der Waals surface area contributed by atoms with Crippen LogP contribution in [-0.4, -0.2) is 55.5 Å². The number of hydrogen-bond acceptors (Lipinski definition) is 5. The number of nitrogens with zero attached hydrogens (tertiary/aromatic N) is 2. The van der Waals surface area contributed by atoms with Crippen LogP contribution in [-0.2, 0) is 31.0 Å². The van der Waals surface area contributed by atoms with Gasteiger partial charge in [0.05, 0.1) is 16.7 Å². The molecule has 1 aliphatic heterocycles. The van der Waals surface area contributed by atoms with Gasteiger partial charge in [-0.2, -0.15) is 0 Å². The molecular weight excluding hydrogens is 394 g/mol. The van der Waals surface area contributed by atoms with Crippen molar-refractivity contribution in [3.05, 3.63) is 29.8 Å². The Hall–Kier alpha value is -2.26. The Kier molecular flexibility index (Phi) is 6.09. The minimum atomic E-state index is -3.66. The highest BCUT2D eigenvalue weighted by Gasteiger charge is 2.50. The van der Waals surface area contributed by atoms with Gasteiger partial charge in [0.2, 0.25) is 27.7 Å². The topological polar surface area (TPSA) is 104 Å². The van der Waals surface area contributed by atoms with Gasteiger partial charge in [-0.3, -0.25) is 19.3 Å². The number of carbonyl (C=O) groups excluding carboxylic acids is 3. The van der Waals surface area contributed by atoms with Crippen molar-refractivity contribution in [2.75, 3.05) is 14.1 Å². The first kappa shape index (κ1) is 21.4. The molecule has 3 amide bonds. The number of nitrogens with one attached hydrogen (secondary N) is 1. The molecule has 3 rings (SSSR count). The average molecular weight is 422 g/mol. The molecule has 1 N–H and O–H groups in total. The Balaban J connectivity index is 1.72. The van der Waals surface area contributed by atoms with Crippen molar-refractivity contribution < 1.29 is 22.8 Å². The molecule has 0 aromatic heterocycles. The lowest BCUT2D eigenvalue weighted by molar-refractivity contribution is -0.147. The molecule has 0 bridgehead atoms. The van der Waals surface area contributed by atoms with E-state index in [1.54, 1.807) is 18.2 Å². The molecular formula is C20H27N3O5S. The summed E-state index contributed by atoms with van der Waals surface area (Å²) in [5, 5.41) is 2.68. The van der Waals surface area contributed by atoms with Gasteiger partial charge >= 0.3 is 0 Å². The van der Waals surface area contributed by atoms with Gasteiger partial charge in [0.15, 0.2) is 0 Å². The molecule has 3 atom stereocenters. The first-order valence-corrected chi connectivity index (χ1v) is 11.2. The molecule has 158 valence electrons. The Bertz CT molecular complexity index is 904. The number of amides is 3. The summed E-state index contributed by atoms with van der Waals surface area (Å²) in [6, 6.07) is 5.49. The number of carbonyl (C=O) groups is 3. The summed E-state index contributed by atoms with van der Waals surface area (Å²) < 4.78 is 26.1. The second-order valence-corrected chi connectivity index (χ2v) is 9.95. The summed E-state index contributed by atoms with van der Waals surface area (Å²) in [4.78, 5) is 39.2. The summed E-state index contributed by atoms with van der Waals surface area (Å²) in [5.41, 5.74) is 0.439. The Morgan fingerprint density at radius 3 is 2.24 bits per heavy atom. The van der Waals surface area contributed by atoms with E-state index >= 15 is 0 Å². The zero-order chi connectivity index (χ0) is 21.3. The second-order valence-electron chi connectivity index (χ2n) is 7.83. The van der Waals surface area contributed by atoms with E-state index in [-0.39, 0.29) is 35.1 Å². The van der Waals surface area contributed by atoms with E-state index in [0.29, 0.717) is 18.4 Å². The number of sulfonamides is 1. The van der Waals surface area contributed by atoms with E-state index in [9.17, 15) is 22.8 Å². The fourth-order valence-electron chi connectivity index (χ4n) is 4.12. The predicted molar refractivity (Wildman–Crippen MR) is 106 cm³/mol. The minimum Gasteiger partial charge on any atom is -0.350 e. The third kappa shape index (κ3) is 3.93. The smallest absolute Gasteiger partial charge is 0.243 e. The minimum absolute atomic E-state index is 0.0184. The van der Waals surface area contributed by atoms with Crippen molar-refractivity contribution in [1.82, 2.24) is 14.5 Å². The van der Waals surface area contributed by atoms with Crippen LogP contribution in [0.5, 0.6) is 0 Å². The maximum Gasteiger partial charge on any atom is 0.243 e. The van der Waals surface area contributed by atoms with E-state index in [4.69, 9.17) is 0 Å². The molecule has 0 spiro atoms. The Morgan fingerprint density at radius 2 is 1.69 bits per heavy atom. The van der Waals surface area contributed by atoms with Gasteiger partial charge in [-0.25, -0.2) is 12.7 Å². The lowest BCUT2D eigenvalue weighted by Gasteiger charge is -2.23. The number of likely N-dealkylation sites (tertiary alicyclic amines) is 1. The predicted octanol–water partition coefficient (Wildman–Crippen LogP) is 1.12. The van der Waals surface area contributed by atoms with Gasteiger partial charge < -0.3 is 5.32 Å². The molecule has 1 saturated heterocycles. The quantitative estimate of drug-likeness (QED) is 0.693. The van der Waals surface area contributed by atoms with Crippen LogP contribution in [0, 0.1) is 11.8 Å². The zero-order valence-electron chi connectivity index (χ0n) is 16.9. The normalized spacial score (nSPS) is 23.2. The fourth-order valence-corrected chi connectivity index (χ4v) is 5.23. The summed E-state index contributed by atoms with van der Waals surface area (Å²) in [5.74, 6) is -1.63. The van der Waals surface area contributed by atoms with Crippen LogP contribution < -0.4 is 5.32 Å². The maximum absolute atomic E-state index is 12.7. The van der Waals surface area contributed by atoms with Gasteiger partial charge in [-0.1, -0.05) is 31.0 Å². The van der Waals surface area contributed by atoms with Gasteiger partial charge in [0, 0.05) is 20.6 Å². The maximum atomic E-state index is 12.7. The van der Waals surface area contributed by atoms with Crippen molar-refractivity contribution in [2.45, 2.75) is 50.1 Å². The lowest BCUT2D eigenvalue weighted by Crippen LogP contribution is -2.48. The molecule has 8 nitrogen and oxygen atoms in total. The van der Waals surface area contributed by atoms with Crippen LogP contribution in [0.25, 0.3) is 0 Å². The van der Waals surface area contributed by atoms with Crippen LogP contribution in [0.4, 0.5) is 0 Å². The molecule has 2 fully saturated rings. The number of hydrogen-bond donors (Lipinski definition) is 1. The van der Waals surface area contributed by atoms with Crippen LogP contribution >= 0.6 is 0 Å². The molecule has 1 heterocycles. The molecule has 9 heteroatoms. The summed E-state index contributed by atoms with van der Waals surface area (Å²) in [7, 11) is -0.777. The monoisotopic (exact) mass is 421 g/mol. The van der Waals surface area contributed by atoms with Crippen molar-refractivity contribution >= 4 is 27.7 Å². The molecule has 29 heavy (non-hydrogen) atoms. The van der Waals surface area contributed by atoms with Gasteiger partial charge in [0.25, 0.3) is 0 Å². The van der Waals surface area contributed by atoms with E-state index < -0.39 is 22.0 Å². The zero-order valence-corrected chi connectivity index (χ0v) is 17.7. The average Bonchev–Trinajstić information content (AvgIpc) is 2.96. The van der Waals surface area contributed by atoms with Gasteiger partial charge in [0.1, 0.15) is 6.04 Å². The highest BCUT2D eigenvalue weighted by atomic mass is 32.2. The van der Waals surface area contributed by atoms with Crippen LogP contribution in [0.1, 0.15) is 38.2 Å². The van der Waals surface area contributed by atoms with Gasteiger partial charge in [-0.15, -0.1) is 0 Å². The number of fused-ring (bicyclic) bond motifs is 1. The highest BCUT2D eigenvalue weighted by molar-refractivity contribution is 7.89. The third-order valence-corrected chi connectivity index (χ3v) is 7.74. The summed E-state index contributed by atoms with van der Waals surface area (Å²) >= 11 is 0. The standard InChI is InChI=1S/C20H27N3O5S/c1-13(23-19(25)15-9-5-6-10-16(15)20(23)26)18(24)21-12-14-8-4-7-11-17(14)29(27,28)22(2)3/h4,7-8,11,13,15-16H,5-6,9-10,12H2,1-3H3,(H,21,24). The van der Waals surface area contributed by atoms with Crippen molar-refractivity contribution in [3.63, 3.8) is 0 Å². The van der Waals surface area contributed by atoms with Crippen LogP contribution in [0.2, 0.25) is 0 Å². The number of rotatable bonds is 6. The largest absolute Gasteiger partial charge is 0.350 e. The van der Waals surface area contributed by atoms with E-state index in [0.717, 1.165) is 22.0 Å². The molecule has 1 aromatic carbocycles. The van der Waals surface area contributed by atoms with Crippen molar-refractivity contribution in [1.29, 1.82) is 0 Å². The molecule has 3 unspecified atom stereocenters. The number of imide groups is 1. The second kappa shape index (κ2) is 8.23. The summed E-state index contributed by atoms with van der Waals surface area (Å²) in [6.45, 7) is 1.51. The van der Waals surface area contributed by atoms with Crippen LogP contribution in [0.3, 0.4) is 0 Å². The highest BCUT2D eigenvalue weighted by Crippen LogP contribution is 2.38. The molecule has 1 aromatic rings. The molecule has 2 aliphatic rings. The molecule has 0 radical (unpaired) electrons. The summed E-state index contributed by atoms with van der Waals surface area (Å²) in [6.07, 6.45) is 3.23. The number of benzene rings is 1. The van der Waals surface area contributed by atoms with E-state index in [1.807, 2.05) is 0 Å². The van der Waals surface area contributed by atoms with Gasteiger partial charge in [-0.05, 0) is 31.4 Å². The first-order valence-electron chi connectivity index (χ1n) is 9.81. The lowest BCUT2D eigenvalue weighted by atomic mass is 9.81. The van der Waals surface area contributed by atoms with Crippen LogP contribution in [0.15, 0.2) is 29.2 Å². The fraction of sp³-hybridized carbons (Fsp3) is 0.550. The SMILES string of the molecule is CC(C(=O)NCc1ccccc1S(=O)(=O)N(C)C)N1C(=O)C2CCCCC2C1=O. The Labute approximate surface area is 171 Å². The molecule has 1 aliphatic carbocycles. The van der Waals surface area contributed by atoms with Crippen molar-refractivity contribution in [2.24, 2.45) is 11.8 Å².